The van der Waals surface area contributed by atoms with Gasteiger partial charge in [0.2, 0.25) is 0 Å². The molecule has 1 aliphatic rings. The zero-order valence-corrected chi connectivity index (χ0v) is 17.2. The molecule has 142 valence electrons. The zero-order chi connectivity index (χ0) is 19.4. The minimum Gasteiger partial charge on any atom is -0.465 e. The van der Waals surface area contributed by atoms with E-state index in [0.29, 0.717) is 21.2 Å². The van der Waals surface area contributed by atoms with Gasteiger partial charge in [-0.15, -0.1) is 11.3 Å². The number of carbonyl (C=O) groups is 2. The molecule has 0 saturated heterocycles. The lowest BCUT2D eigenvalue weighted by molar-refractivity contribution is 0.0601. The summed E-state index contributed by atoms with van der Waals surface area (Å²) >= 11 is 12.6. The van der Waals surface area contributed by atoms with Crippen molar-refractivity contribution in [3.8, 4) is 0 Å². The van der Waals surface area contributed by atoms with Crippen LogP contribution in [0, 0.1) is 0 Å². The van der Waals surface area contributed by atoms with E-state index < -0.39 is 0 Å². The number of amides is 1. The average molecular weight is 423 g/mol. The molecule has 0 fully saturated rings. The van der Waals surface area contributed by atoms with Crippen molar-refractivity contribution in [3.63, 3.8) is 0 Å². The number of ether oxygens (including phenoxy) is 1. The fourth-order valence-corrected chi connectivity index (χ4v) is 4.73. The molecule has 0 saturated carbocycles. The van der Waals surface area contributed by atoms with E-state index in [1.807, 2.05) is 0 Å². The number of benzene rings is 1. The lowest BCUT2D eigenvalue weighted by Crippen LogP contribution is -2.34. The van der Waals surface area contributed by atoms with Gasteiger partial charge in [0.05, 0.1) is 12.7 Å². The first-order chi connectivity index (χ1) is 13.0. The number of methoxy groups -OCH3 is 1. The Morgan fingerprint density at radius 2 is 1.85 bits per heavy atom. The molecule has 0 spiro atoms. The van der Waals surface area contributed by atoms with E-state index in [9.17, 15) is 9.59 Å². The van der Waals surface area contributed by atoms with Crippen LogP contribution in [0.5, 0.6) is 0 Å². The maximum atomic E-state index is 12.3. The molecule has 1 aromatic heterocycles. The fraction of sp³-hybridized carbons (Fsp3) is 0.316. The molecule has 27 heavy (non-hydrogen) atoms. The number of esters is 1. The molecule has 1 heterocycles. The smallest absolute Gasteiger partial charge is 0.341 e. The number of halogens is 1. The van der Waals surface area contributed by atoms with Gasteiger partial charge in [-0.3, -0.25) is 10.1 Å². The molecule has 5 nitrogen and oxygen atoms in total. The number of thiophene rings is 1. The van der Waals surface area contributed by atoms with Gasteiger partial charge in [0, 0.05) is 15.5 Å². The monoisotopic (exact) mass is 422 g/mol. The summed E-state index contributed by atoms with van der Waals surface area (Å²) in [7, 11) is 1.37. The van der Waals surface area contributed by atoms with Crippen LogP contribution < -0.4 is 10.6 Å². The number of carbonyl (C=O) groups excluding carboxylic acids is 2. The standard InChI is InChI=1S/C19H19ClN2O3S2/c1-25-18(24)15-13-5-3-2-4-6-14(13)27-17(15)22-19(26)21-16(23)11-7-9-12(20)10-8-11/h7-10H,2-6H2,1H3,(H2,21,22,23,26). The van der Waals surface area contributed by atoms with Crippen molar-refractivity contribution in [3.05, 3.63) is 50.9 Å². The third kappa shape index (κ3) is 4.66. The first kappa shape index (κ1) is 19.8. The van der Waals surface area contributed by atoms with Crippen LogP contribution in [0.4, 0.5) is 5.00 Å². The molecular formula is C19H19ClN2O3S2. The van der Waals surface area contributed by atoms with Gasteiger partial charge < -0.3 is 10.1 Å². The van der Waals surface area contributed by atoms with Crippen molar-refractivity contribution in [2.45, 2.75) is 32.1 Å². The quantitative estimate of drug-likeness (QED) is 0.430. The minimum atomic E-state index is -0.385. The van der Waals surface area contributed by atoms with Gasteiger partial charge in [-0.1, -0.05) is 18.0 Å². The molecule has 1 aliphatic carbocycles. The lowest BCUT2D eigenvalue weighted by Gasteiger charge is -2.10. The van der Waals surface area contributed by atoms with Crippen molar-refractivity contribution in [2.75, 3.05) is 12.4 Å². The highest BCUT2D eigenvalue weighted by Gasteiger charge is 2.26. The predicted octanol–water partition coefficient (Wildman–Crippen LogP) is 4.58. The number of rotatable bonds is 3. The second-order valence-electron chi connectivity index (χ2n) is 6.18. The van der Waals surface area contributed by atoms with Crippen LogP contribution in [0.15, 0.2) is 24.3 Å². The molecule has 2 N–H and O–H groups in total. The molecule has 8 heteroatoms. The largest absolute Gasteiger partial charge is 0.465 e. The lowest BCUT2D eigenvalue weighted by atomic mass is 10.1. The van der Waals surface area contributed by atoms with Crippen LogP contribution in [0.2, 0.25) is 5.02 Å². The first-order valence-electron chi connectivity index (χ1n) is 8.60. The summed E-state index contributed by atoms with van der Waals surface area (Å²) < 4.78 is 4.97. The van der Waals surface area contributed by atoms with Gasteiger partial charge in [0.15, 0.2) is 5.11 Å². The molecule has 0 aliphatic heterocycles. The van der Waals surface area contributed by atoms with E-state index in [4.69, 9.17) is 28.6 Å². The number of fused-ring (bicyclic) bond motifs is 1. The van der Waals surface area contributed by atoms with Gasteiger partial charge >= 0.3 is 5.97 Å². The average Bonchev–Trinajstić information content (AvgIpc) is 2.82. The van der Waals surface area contributed by atoms with Crippen LogP contribution in [-0.4, -0.2) is 24.1 Å². The first-order valence-corrected chi connectivity index (χ1v) is 10.2. The van der Waals surface area contributed by atoms with Crippen LogP contribution in [0.25, 0.3) is 0 Å². The van der Waals surface area contributed by atoms with Crippen molar-refractivity contribution in [2.24, 2.45) is 0 Å². The maximum Gasteiger partial charge on any atom is 0.341 e. The number of thiocarbonyl (C=S) groups is 1. The third-order valence-electron chi connectivity index (χ3n) is 4.37. The van der Waals surface area contributed by atoms with Crippen LogP contribution in [0.1, 0.15) is 50.4 Å². The SMILES string of the molecule is COC(=O)c1c(NC(=S)NC(=O)c2ccc(Cl)cc2)sc2c1CCCCC2. The molecule has 2 aromatic rings. The number of hydrogen-bond acceptors (Lipinski definition) is 5. The second-order valence-corrected chi connectivity index (χ2v) is 8.13. The zero-order valence-electron chi connectivity index (χ0n) is 14.8. The Hall–Kier alpha value is -1.96. The molecule has 0 unspecified atom stereocenters. The van der Waals surface area contributed by atoms with E-state index in [1.165, 1.54) is 23.3 Å². The van der Waals surface area contributed by atoms with Crippen molar-refractivity contribution in [1.29, 1.82) is 0 Å². The summed E-state index contributed by atoms with van der Waals surface area (Å²) in [5.41, 5.74) is 2.01. The summed E-state index contributed by atoms with van der Waals surface area (Å²) in [6.07, 6.45) is 5.09. The molecule has 0 bridgehead atoms. The van der Waals surface area contributed by atoms with Crippen molar-refractivity contribution >= 4 is 57.1 Å². The topological polar surface area (TPSA) is 67.4 Å². The number of aryl methyl sites for hydroxylation is 1. The third-order valence-corrected chi connectivity index (χ3v) is 6.03. The minimum absolute atomic E-state index is 0.136. The summed E-state index contributed by atoms with van der Waals surface area (Å²) in [5.74, 6) is -0.731. The predicted molar refractivity (Wildman–Crippen MR) is 112 cm³/mol. The van der Waals surface area contributed by atoms with E-state index in [2.05, 4.69) is 10.6 Å². The summed E-state index contributed by atoms with van der Waals surface area (Å²) in [6.45, 7) is 0. The molecule has 3 rings (SSSR count). The van der Waals surface area contributed by atoms with E-state index >= 15 is 0 Å². The summed E-state index contributed by atoms with van der Waals surface area (Å²) in [5, 5.41) is 6.95. The molecular weight excluding hydrogens is 404 g/mol. The normalized spacial score (nSPS) is 13.3. The molecule has 0 radical (unpaired) electrons. The summed E-state index contributed by atoms with van der Waals surface area (Å²) in [6, 6.07) is 6.51. The Balaban J connectivity index is 1.78. The van der Waals surface area contributed by atoms with Gasteiger partial charge in [-0.25, -0.2) is 4.79 Å². The van der Waals surface area contributed by atoms with Crippen molar-refractivity contribution < 1.29 is 14.3 Å². The number of hydrogen-bond donors (Lipinski definition) is 2. The highest BCUT2D eigenvalue weighted by molar-refractivity contribution is 7.80. The number of nitrogens with one attached hydrogen (secondary N) is 2. The van der Waals surface area contributed by atoms with Crippen molar-refractivity contribution in [1.82, 2.24) is 5.32 Å². The number of anilines is 1. The Bertz CT molecular complexity index is 878. The van der Waals surface area contributed by atoms with Gasteiger partial charge in [0.25, 0.3) is 5.91 Å². The van der Waals surface area contributed by atoms with Crippen LogP contribution in [0.3, 0.4) is 0 Å². The van der Waals surface area contributed by atoms with E-state index in [0.717, 1.165) is 37.7 Å². The van der Waals surface area contributed by atoms with Gasteiger partial charge in [-0.05, 0) is 67.7 Å². The Kier molecular flexibility index (Phi) is 6.46. The van der Waals surface area contributed by atoms with Crippen LogP contribution >= 0.6 is 35.2 Å². The second kappa shape index (κ2) is 8.82. The Morgan fingerprint density at radius 1 is 1.15 bits per heavy atom. The highest BCUT2D eigenvalue weighted by Crippen LogP contribution is 2.37. The molecule has 0 atom stereocenters. The van der Waals surface area contributed by atoms with Crippen LogP contribution in [-0.2, 0) is 17.6 Å². The molecule has 1 aromatic carbocycles. The van der Waals surface area contributed by atoms with E-state index in [-0.39, 0.29) is 17.0 Å². The Morgan fingerprint density at radius 3 is 2.56 bits per heavy atom. The van der Waals surface area contributed by atoms with Gasteiger partial charge in [0.1, 0.15) is 5.00 Å². The maximum absolute atomic E-state index is 12.3. The molecule has 1 amide bonds. The highest BCUT2D eigenvalue weighted by atomic mass is 35.5. The summed E-state index contributed by atoms with van der Waals surface area (Å²) in [4.78, 5) is 25.8. The van der Waals surface area contributed by atoms with Gasteiger partial charge in [-0.2, -0.15) is 0 Å². The van der Waals surface area contributed by atoms with E-state index in [1.54, 1.807) is 24.3 Å². The Labute approximate surface area is 172 Å². The fourth-order valence-electron chi connectivity index (χ4n) is 3.06.